The minimum absolute atomic E-state index is 0.0204. The molecule has 1 unspecified atom stereocenters. The average Bonchev–Trinajstić information content (AvgIpc) is 2.13. The summed E-state index contributed by atoms with van der Waals surface area (Å²) in [6.07, 6.45) is 0.449. The standard InChI is InChI=1S/C10H14BrNO2/c1-6-7(11)2-3-9(14)10(6)8(12)4-5-13/h2-3,8,13-14H,4-5,12H2,1H3. The molecule has 1 rings (SSSR count). The maximum Gasteiger partial charge on any atom is 0.120 e. The number of nitrogens with two attached hydrogens (primary N) is 1. The maximum absolute atomic E-state index is 9.63. The van der Waals surface area contributed by atoms with E-state index in [1.54, 1.807) is 12.1 Å². The molecule has 0 aliphatic heterocycles. The highest BCUT2D eigenvalue weighted by atomic mass is 79.9. The SMILES string of the molecule is Cc1c(Br)ccc(O)c1C(N)CCO. The summed E-state index contributed by atoms with van der Waals surface area (Å²) in [5.74, 6) is 0.187. The molecule has 1 aromatic rings. The van der Waals surface area contributed by atoms with E-state index < -0.39 is 0 Å². The van der Waals surface area contributed by atoms with Gasteiger partial charge in [-0.2, -0.15) is 0 Å². The molecule has 0 aliphatic carbocycles. The summed E-state index contributed by atoms with van der Waals surface area (Å²) >= 11 is 3.37. The first-order valence-corrected chi connectivity index (χ1v) is 5.21. The van der Waals surface area contributed by atoms with Crippen LogP contribution < -0.4 is 5.73 Å². The number of rotatable bonds is 3. The van der Waals surface area contributed by atoms with Crippen LogP contribution in [0.4, 0.5) is 0 Å². The summed E-state index contributed by atoms with van der Waals surface area (Å²) in [4.78, 5) is 0. The average molecular weight is 260 g/mol. The van der Waals surface area contributed by atoms with Gasteiger partial charge in [-0.3, -0.25) is 0 Å². The van der Waals surface area contributed by atoms with E-state index in [9.17, 15) is 5.11 Å². The van der Waals surface area contributed by atoms with Gasteiger partial charge >= 0.3 is 0 Å². The highest BCUT2D eigenvalue weighted by Gasteiger charge is 2.14. The van der Waals surface area contributed by atoms with Crippen molar-refractivity contribution in [3.63, 3.8) is 0 Å². The van der Waals surface area contributed by atoms with Crippen molar-refractivity contribution >= 4 is 15.9 Å². The highest BCUT2D eigenvalue weighted by molar-refractivity contribution is 9.10. The molecule has 0 bridgehead atoms. The van der Waals surface area contributed by atoms with Crippen LogP contribution in [0.3, 0.4) is 0 Å². The van der Waals surface area contributed by atoms with Gasteiger partial charge in [-0.1, -0.05) is 15.9 Å². The Morgan fingerprint density at radius 1 is 1.50 bits per heavy atom. The molecule has 0 spiro atoms. The second-order valence-corrected chi connectivity index (χ2v) is 4.08. The first-order valence-electron chi connectivity index (χ1n) is 4.42. The van der Waals surface area contributed by atoms with Crippen LogP contribution in [-0.4, -0.2) is 16.8 Å². The van der Waals surface area contributed by atoms with Gasteiger partial charge in [0.1, 0.15) is 5.75 Å². The third-order valence-electron chi connectivity index (χ3n) is 2.24. The van der Waals surface area contributed by atoms with Crippen molar-refractivity contribution in [3.8, 4) is 5.75 Å². The topological polar surface area (TPSA) is 66.5 Å². The van der Waals surface area contributed by atoms with Gasteiger partial charge in [0, 0.05) is 22.7 Å². The zero-order valence-electron chi connectivity index (χ0n) is 8.00. The number of phenolic OH excluding ortho intramolecular Hbond substituents is 1. The molecule has 0 saturated carbocycles. The molecule has 1 aromatic carbocycles. The molecule has 0 aliphatic rings. The zero-order valence-corrected chi connectivity index (χ0v) is 9.58. The Morgan fingerprint density at radius 2 is 2.14 bits per heavy atom. The molecule has 14 heavy (non-hydrogen) atoms. The van der Waals surface area contributed by atoms with Crippen LogP contribution in [0.5, 0.6) is 5.75 Å². The van der Waals surface area contributed by atoms with E-state index in [1.807, 2.05) is 6.92 Å². The van der Waals surface area contributed by atoms with Crippen molar-refractivity contribution in [2.75, 3.05) is 6.61 Å². The van der Waals surface area contributed by atoms with E-state index in [0.717, 1.165) is 10.0 Å². The molecule has 1 atom stereocenters. The molecule has 0 radical (unpaired) electrons. The van der Waals surface area contributed by atoms with E-state index in [-0.39, 0.29) is 18.4 Å². The third-order valence-corrected chi connectivity index (χ3v) is 3.10. The van der Waals surface area contributed by atoms with E-state index >= 15 is 0 Å². The lowest BCUT2D eigenvalue weighted by Crippen LogP contribution is -2.13. The molecule has 0 fully saturated rings. The van der Waals surface area contributed by atoms with Gasteiger partial charge in [-0.15, -0.1) is 0 Å². The second-order valence-electron chi connectivity index (χ2n) is 3.22. The van der Waals surface area contributed by atoms with Gasteiger partial charge < -0.3 is 15.9 Å². The number of phenols is 1. The smallest absolute Gasteiger partial charge is 0.120 e. The summed E-state index contributed by atoms with van der Waals surface area (Å²) < 4.78 is 0.915. The van der Waals surface area contributed by atoms with E-state index in [0.29, 0.717) is 12.0 Å². The van der Waals surface area contributed by atoms with Crippen molar-refractivity contribution < 1.29 is 10.2 Å². The summed E-state index contributed by atoms with van der Waals surface area (Å²) in [5.41, 5.74) is 7.46. The molecule has 78 valence electrons. The van der Waals surface area contributed by atoms with Crippen LogP contribution in [0.2, 0.25) is 0 Å². The maximum atomic E-state index is 9.63. The minimum atomic E-state index is -0.322. The first-order chi connectivity index (χ1) is 6.57. The molecule has 3 nitrogen and oxygen atoms in total. The van der Waals surface area contributed by atoms with Crippen molar-refractivity contribution in [3.05, 3.63) is 27.7 Å². The van der Waals surface area contributed by atoms with Gasteiger partial charge in [0.05, 0.1) is 0 Å². The summed E-state index contributed by atoms with van der Waals surface area (Å²) in [6, 6.07) is 3.06. The Bertz CT molecular complexity index is 328. The largest absolute Gasteiger partial charge is 0.508 e. The van der Waals surface area contributed by atoms with Crippen molar-refractivity contribution in [1.29, 1.82) is 0 Å². The number of aromatic hydroxyl groups is 1. The Balaban J connectivity index is 3.11. The Morgan fingerprint density at radius 3 is 2.71 bits per heavy atom. The molecule has 4 N–H and O–H groups in total. The van der Waals surface area contributed by atoms with Crippen LogP contribution in [0, 0.1) is 6.92 Å². The zero-order chi connectivity index (χ0) is 10.7. The summed E-state index contributed by atoms with van der Waals surface area (Å²) in [7, 11) is 0. The highest BCUT2D eigenvalue weighted by Crippen LogP contribution is 2.32. The van der Waals surface area contributed by atoms with Gasteiger partial charge in [0.15, 0.2) is 0 Å². The van der Waals surface area contributed by atoms with Crippen molar-refractivity contribution in [2.24, 2.45) is 5.73 Å². The second kappa shape index (κ2) is 4.77. The fraction of sp³-hybridized carbons (Fsp3) is 0.400. The summed E-state index contributed by atoms with van der Waals surface area (Å²) in [5, 5.41) is 18.4. The lowest BCUT2D eigenvalue weighted by atomic mass is 9.99. The predicted molar refractivity (Wildman–Crippen MR) is 59.2 cm³/mol. The van der Waals surface area contributed by atoms with Gasteiger partial charge in [0.25, 0.3) is 0 Å². The van der Waals surface area contributed by atoms with E-state index in [4.69, 9.17) is 10.8 Å². The van der Waals surface area contributed by atoms with Crippen LogP contribution in [-0.2, 0) is 0 Å². The number of benzene rings is 1. The first kappa shape index (κ1) is 11.5. The normalized spacial score (nSPS) is 12.9. The molecule has 0 amide bonds. The Kier molecular flexibility index (Phi) is 3.92. The number of aliphatic hydroxyl groups excluding tert-OH is 1. The van der Waals surface area contributed by atoms with E-state index in [1.165, 1.54) is 0 Å². The molecule has 0 saturated heterocycles. The fourth-order valence-electron chi connectivity index (χ4n) is 1.44. The van der Waals surface area contributed by atoms with Crippen molar-refractivity contribution in [1.82, 2.24) is 0 Å². The number of hydrogen-bond acceptors (Lipinski definition) is 3. The monoisotopic (exact) mass is 259 g/mol. The van der Waals surface area contributed by atoms with E-state index in [2.05, 4.69) is 15.9 Å². The predicted octanol–water partition coefficient (Wildman–Crippen LogP) is 1.85. The molecular formula is C10H14BrNO2. The molecular weight excluding hydrogens is 246 g/mol. The minimum Gasteiger partial charge on any atom is -0.508 e. The third kappa shape index (κ3) is 2.26. The van der Waals surface area contributed by atoms with Crippen molar-refractivity contribution in [2.45, 2.75) is 19.4 Å². The fourth-order valence-corrected chi connectivity index (χ4v) is 1.78. The van der Waals surface area contributed by atoms with Gasteiger partial charge in [-0.05, 0) is 31.0 Å². The Labute approximate surface area is 91.7 Å². The number of halogens is 1. The summed E-state index contributed by atoms with van der Waals surface area (Å²) in [6.45, 7) is 1.91. The lowest BCUT2D eigenvalue weighted by molar-refractivity contribution is 0.275. The lowest BCUT2D eigenvalue weighted by Gasteiger charge is -2.16. The molecule has 4 heteroatoms. The molecule has 0 heterocycles. The number of aliphatic hydroxyl groups is 1. The van der Waals surface area contributed by atoms with Crippen LogP contribution >= 0.6 is 15.9 Å². The molecule has 0 aromatic heterocycles. The van der Waals surface area contributed by atoms with Crippen LogP contribution in [0.15, 0.2) is 16.6 Å². The van der Waals surface area contributed by atoms with Crippen LogP contribution in [0.25, 0.3) is 0 Å². The van der Waals surface area contributed by atoms with Gasteiger partial charge in [-0.25, -0.2) is 0 Å². The van der Waals surface area contributed by atoms with Gasteiger partial charge in [0.2, 0.25) is 0 Å². The quantitative estimate of drug-likeness (QED) is 0.776. The van der Waals surface area contributed by atoms with Crippen LogP contribution in [0.1, 0.15) is 23.6 Å². The Hall–Kier alpha value is -0.580. The number of hydrogen-bond donors (Lipinski definition) is 3.